The zero-order valence-electron chi connectivity index (χ0n) is 12.7. The van der Waals surface area contributed by atoms with Gasteiger partial charge in [-0.1, -0.05) is 6.92 Å². The Bertz CT molecular complexity index is 586. The Morgan fingerprint density at radius 2 is 2.05 bits per heavy atom. The second kappa shape index (κ2) is 6.87. The molecule has 0 amide bonds. The van der Waals surface area contributed by atoms with Crippen LogP contribution in [0.2, 0.25) is 0 Å². The molecule has 0 aromatic carbocycles. The van der Waals surface area contributed by atoms with Gasteiger partial charge in [-0.3, -0.25) is 0 Å². The summed E-state index contributed by atoms with van der Waals surface area (Å²) >= 11 is 0. The summed E-state index contributed by atoms with van der Waals surface area (Å²) in [6, 6.07) is 0.124. The Morgan fingerprint density at radius 3 is 2.67 bits per heavy atom. The molecule has 114 valence electrons. The number of hydrogen-bond acceptors (Lipinski definition) is 8. The van der Waals surface area contributed by atoms with Gasteiger partial charge in [-0.15, -0.1) is 0 Å². The SMILES string of the molecule is CCCOc1nc(NC)nc(NC(C)c2ncc(C)o2)n1. The van der Waals surface area contributed by atoms with Gasteiger partial charge in [0, 0.05) is 7.05 Å². The van der Waals surface area contributed by atoms with Crippen LogP contribution in [0.25, 0.3) is 0 Å². The van der Waals surface area contributed by atoms with Crippen LogP contribution >= 0.6 is 0 Å². The van der Waals surface area contributed by atoms with E-state index in [1.165, 1.54) is 0 Å². The van der Waals surface area contributed by atoms with E-state index in [9.17, 15) is 0 Å². The molecule has 0 spiro atoms. The van der Waals surface area contributed by atoms with Gasteiger partial charge in [0.05, 0.1) is 12.8 Å². The summed E-state index contributed by atoms with van der Waals surface area (Å²) < 4.78 is 10.9. The maximum Gasteiger partial charge on any atom is 0.323 e. The van der Waals surface area contributed by atoms with Crippen molar-refractivity contribution in [1.29, 1.82) is 0 Å². The first-order valence-electron chi connectivity index (χ1n) is 6.87. The number of nitrogens with one attached hydrogen (secondary N) is 2. The maximum atomic E-state index is 5.48. The summed E-state index contributed by atoms with van der Waals surface area (Å²) in [5, 5.41) is 6.00. The lowest BCUT2D eigenvalue weighted by atomic mass is 10.3. The quantitative estimate of drug-likeness (QED) is 0.801. The van der Waals surface area contributed by atoms with Gasteiger partial charge in [0.15, 0.2) is 0 Å². The summed E-state index contributed by atoms with van der Waals surface area (Å²) in [5.41, 5.74) is 0. The van der Waals surface area contributed by atoms with Crippen molar-refractivity contribution < 1.29 is 9.15 Å². The molecule has 0 saturated carbocycles. The van der Waals surface area contributed by atoms with Crippen molar-refractivity contribution >= 4 is 11.9 Å². The first-order chi connectivity index (χ1) is 10.1. The average Bonchev–Trinajstić information content (AvgIpc) is 2.91. The molecule has 1 unspecified atom stereocenters. The van der Waals surface area contributed by atoms with E-state index in [-0.39, 0.29) is 12.1 Å². The maximum absolute atomic E-state index is 5.48. The van der Waals surface area contributed by atoms with Crippen LogP contribution in [0.4, 0.5) is 11.9 Å². The third-order valence-corrected chi connectivity index (χ3v) is 2.63. The third kappa shape index (κ3) is 4.04. The molecule has 2 aromatic rings. The molecule has 0 radical (unpaired) electrons. The van der Waals surface area contributed by atoms with E-state index in [1.807, 2.05) is 20.8 Å². The molecular formula is C13H20N6O2. The lowest BCUT2D eigenvalue weighted by molar-refractivity contribution is 0.292. The Labute approximate surface area is 123 Å². The van der Waals surface area contributed by atoms with E-state index in [0.29, 0.717) is 24.4 Å². The number of rotatable bonds is 7. The second-order valence-corrected chi connectivity index (χ2v) is 4.54. The largest absolute Gasteiger partial charge is 0.463 e. The third-order valence-electron chi connectivity index (χ3n) is 2.63. The number of aryl methyl sites for hydroxylation is 1. The second-order valence-electron chi connectivity index (χ2n) is 4.54. The molecule has 21 heavy (non-hydrogen) atoms. The predicted octanol–water partition coefficient (Wildman–Crippen LogP) is 2.17. The van der Waals surface area contributed by atoms with Crippen LogP contribution in [-0.2, 0) is 0 Å². The van der Waals surface area contributed by atoms with Crippen LogP contribution < -0.4 is 15.4 Å². The van der Waals surface area contributed by atoms with Gasteiger partial charge >= 0.3 is 6.01 Å². The number of aromatic nitrogens is 4. The van der Waals surface area contributed by atoms with E-state index in [0.717, 1.165) is 12.2 Å². The molecule has 2 N–H and O–H groups in total. The highest BCUT2D eigenvalue weighted by Gasteiger charge is 2.14. The van der Waals surface area contributed by atoms with Crippen molar-refractivity contribution in [2.24, 2.45) is 0 Å². The number of anilines is 2. The fourth-order valence-corrected chi connectivity index (χ4v) is 1.62. The van der Waals surface area contributed by atoms with Crippen LogP contribution in [-0.4, -0.2) is 33.6 Å². The molecule has 1 atom stereocenters. The average molecular weight is 292 g/mol. The number of nitrogens with zero attached hydrogens (tertiary/aromatic N) is 4. The topological polar surface area (TPSA) is 98.0 Å². The smallest absolute Gasteiger partial charge is 0.323 e. The molecular weight excluding hydrogens is 272 g/mol. The van der Waals surface area contributed by atoms with Crippen molar-refractivity contribution in [1.82, 2.24) is 19.9 Å². The molecule has 8 heteroatoms. The van der Waals surface area contributed by atoms with Crippen molar-refractivity contribution in [3.8, 4) is 6.01 Å². The zero-order chi connectivity index (χ0) is 15.2. The van der Waals surface area contributed by atoms with E-state index >= 15 is 0 Å². The van der Waals surface area contributed by atoms with Crippen molar-refractivity contribution in [3.63, 3.8) is 0 Å². The minimum atomic E-state index is -0.162. The minimum Gasteiger partial charge on any atom is -0.463 e. The van der Waals surface area contributed by atoms with Gasteiger partial charge in [-0.2, -0.15) is 15.0 Å². The summed E-state index contributed by atoms with van der Waals surface area (Å²) in [4.78, 5) is 16.8. The number of ether oxygens (including phenoxy) is 1. The Hall–Kier alpha value is -2.38. The van der Waals surface area contributed by atoms with Crippen LogP contribution in [0.5, 0.6) is 6.01 Å². The highest BCUT2D eigenvalue weighted by atomic mass is 16.5. The molecule has 2 rings (SSSR count). The van der Waals surface area contributed by atoms with Crippen LogP contribution in [0.15, 0.2) is 10.6 Å². The summed E-state index contributed by atoms with van der Waals surface area (Å²) in [6.07, 6.45) is 2.56. The summed E-state index contributed by atoms with van der Waals surface area (Å²) in [7, 11) is 1.74. The van der Waals surface area contributed by atoms with Crippen molar-refractivity contribution in [2.45, 2.75) is 33.2 Å². The first kappa shape index (κ1) is 15.0. The van der Waals surface area contributed by atoms with E-state index in [1.54, 1.807) is 13.2 Å². The lowest BCUT2D eigenvalue weighted by Crippen LogP contribution is -2.13. The highest BCUT2D eigenvalue weighted by molar-refractivity contribution is 5.36. The van der Waals surface area contributed by atoms with Crippen LogP contribution in [0.3, 0.4) is 0 Å². The van der Waals surface area contributed by atoms with Gasteiger partial charge in [0.2, 0.25) is 17.8 Å². The first-order valence-corrected chi connectivity index (χ1v) is 6.87. The normalized spacial score (nSPS) is 12.0. The molecule has 0 bridgehead atoms. The summed E-state index contributed by atoms with van der Waals surface area (Å²) in [5.74, 6) is 2.19. The molecule has 0 aliphatic heterocycles. The lowest BCUT2D eigenvalue weighted by Gasteiger charge is -2.12. The molecule has 2 heterocycles. The van der Waals surface area contributed by atoms with Gasteiger partial charge in [0.25, 0.3) is 0 Å². The van der Waals surface area contributed by atoms with Crippen LogP contribution in [0.1, 0.15) is 38.0 Å². The monoisotopic (exact) mass is 292 g/mol. The van der Waals surface area contributed by atoms with E-state index in [2.05, 4.69) is 30.6 Å². The Balaban J connectivity index is 2.14. The highest BCUT2D eigenvalue weighted by Crippen LogP contribution is 2.18. The molecule has 8 nitrogen and oxygen atoms in total. The van der Waals surface area contributed by atoms with Crippen molar-refractivity contribution in [2.75, 3.05) is 24.3 Å². The van der Waals surface area contributed by atoms with Gasteiger partial charge < -0.3 is 19.8 Å². The Kier molecular flexibility index (Phi) is 4.91. The molecule has 0 aliphatic rings. The van der Waals surface area contributed by atoms with Crippen LogP contribution in [0, 0.1) is 6.92 Å². The number of hydrogen-bond donors (Lipinski definition) is 2. The fourth-order valence-electron chi connectivity index (χ4n) is 1.62. The predicted molar refractivity (Wildman–Crippen MR) is 78.4 cm³/mol. The van der Waals surface area contributed by atoms with E-state index < -0.39 is 0 Å². The fraction of sp³-hybridized carbons (Fsp3) is 0.538. The molecule has 0 fully saturated rings. The van der Waals surface area contributed by atoms with Gasteiger partial charge in [-0.05, 0) is 20.3 Å². The summed E-state index contributed by atoms with van der Waals surface area (Å²) in [6.45, 7) is 6.34. The number of oxazole rings is 1. The molecule has 2 aromatic heterocycles. The minimum absolute atomic E-state index is 0.162. The Morgan fingerprint density at radius 1 is 1.29 bits per heavy atom. The zero-order valence-corrected chi connectivity index (χ0v) is 12.7. The molecule has 0 aliphatic carbocycles. The van der Waals surface area contributed by atoms with Crippen molar-refractivity contribution in [3.05, 3.63) is 17.8 Å². The standard InChI is InChI=1S/C13H20N6O2/c1-5-6-20-13-18-11(14-4)17-12(19-13)16-9(3)10-15-7-8(2)21-10/h7,9H,5-6H2,1-4H3,(H2,14,16,17,18,19). The van der Waals surface area contributed by atoms with Gasteiger partial charge in [0.1, 0.15) is 11.8 Å². The molecule has 0 saturated heterocycles. The van der Waals surface area contributed by atoms with E-state index in [4.69, 9.17) is 9.15 Å². The van der Waals surface area contributed by atoms with Gasteiger partial charge in [-0.25, -0.2) is 4.98 Å².